The lowest BCUT2D eigenvalue weighted by Gasteiger charge is -2.35. The molecule has 5 heteroatoms. The molecule has 1 saturated heterocycles. The molecule has 2 heterocycles. The molecule has 1 unspecified atom stereocenters. The Kier molecular flexibility index (Phi) is 6.01. The Morgan fingerprint density at radius 2 is 1.80 bits per heavy atom. The summed E-state index contributed by atoms with van der Waals surface area (Å²) in [5, 5.41) is 3.06. The van der Waals surface area contributed by atoms with Gasteiger partial charge < -0.3 is 10.2 Å². The Labute approximate surface area is 149 Å². The number of anilines is 1. The molecule has 0 aliphatic carbocycles. The zero-order valence-electron chi connectivity index (χ0n) is 14.8. The van der Waals surface area contributed by atoms with Gasteiger partial charge in [-0.15, -0.1) is 0 Å². The molecule has 1 amide bonds. The molecule has 0 spiro atoms. The van der Waals surface area contributed by atoms with Gasteiger partial charge in [0.05, 0.1) is 6.54 Å². The van der Waals surface area contributed by atoms with Crippen LogP contribution in [0.25, 0.3) is 0 Å². The van der Waals surface area contributed by atoms with E-state index >= 15 is 0 Å². The van der Waals surface area contributed by atoms with Crippen molar-refractivity contribution in [2.45, 2.75) is 12.8 Å². The van der Waals surface area contributed by atoms with Gasteiger partial charge >= 0.3 is 0 Å². The van der Waals surface area contributed by atoms with Crippen molar-refractivity contribution in [1.29, 1.82) is 0 Å². The average Bonchev–Trinajstić information content (AvgIpc) is 2.68. The van der Waals surface area contributed by atoms with E-state index in [-0.39, 0.29) is 5.91 Å². The van der Waals surface area contributed by atoms with E-state index < -0.39 is 0 Å². The highest BCUT2D eigenvalue weighted by Gasteiger charge is 2.19. The van der Waals surface area contributed by atoms with Crippen LogP contribution in [0, 0.1) is 0 Å². The van der Waals surface area contributed by atoms with E-state index in [0.717, 1.165) is 32.0 Å². The van der Waals surface area contributed by atoms with Gasteiger partial charge in [-0.1, -0.05) is 43.3 Å². The summed E-state index contributed by atoms with van der Waals surface area (Å²) in [6.07, 6.45) is 1.82. The van der Waals surface area contributed by atoms with Crippen LogP contribution in [0.2, 0.25) is 0 Å². The van der Waals surface area contributed by atoms with Gasteiger partial charge in [-0.3, -0.25) is 9.69 Å². The van der Waals surface area contributed by atoms with Crippen LogP contribution in [0.1, 0.15) is 18.4 Å². The lowest BCUT2D eigenvalue weighted by molar-refractivity contribution is -0.122. The number of pyridine rings is 1. The third-order valence-corrected chi connectivity index (χ3v) is 4.69. The number of aromatic nitrogens is 1. The third kappa shape index (κ3) is 5.03. The maximum absolute atomic E-state index is 12.2. The van der Waals surface area contributed by atoms with Crippen LogP contribution in [-0.4, -0.2) is 55.1 Å². The fourth-order valence-corrected chi connectivity index (χ4v) is 3.10. The monoisotopic (exact) mass is 338 g/mol. The largest absolute Gasteiger partial charge is 0.354 e. The quantitative estimate of drug-likeness (QED) is 0.876. The fraction of sp³-hybridized carbons (Fsp3) is 0.400. The maximum Gasteiger partial charge on any atom is 0.234 e. The van der Waals surface area contributed by atoms with Crippen molar-refractivity contribution in [1.82, 2.24) is 15.2 Å². The minimum Gasteiger partial charge on any atom is -0.354 e. The molecule has 1 aromatic heterocycles. The Hall–Kier alpha value is -2.40. The van der Waals surface area contributed by atoms with E-state index in [4.69, 9.17) is 0 Å². The van der Waals surface area contributed by atoms with Crippen LogP contribution in [0.15, 0.2) is 54.7 Å². The molecule has 1 aliphatic heterocycles. The van der Waals surface area contributed by atoms with Crippen molar-refractivity contribution < 1.29 is 4.79 Å². The van der Waals surface area contributed by atoms with E-state index in [2.05, 4.69) is 39.2 Å². The van der Waals surface area contributed by atoms with Gasteiger partial charge in [-0.2, -0.15) is 0 Å². The number of piperazine rings is 1. The number of hydrogen-bond donors (Lipinski definition) is 1. The number of rotatable bonds is 6. The lowest BCUT2D eigenvalue weighted by atomic mass is 10.0. The predicted molar refractivity (Wildman–Crippen MR) is 101 cm³/mol. The Morgan fingerprint density at radius 3 is 2.48 bits per heavy atom. The number of nitrogens with zero attached hydrogens (tertiary/aromatic N) is 3. The Balaban J connectivity index is 1.39. The number of carbonyl (C=O) groups excluding carboxylic acids is 1. The summed E-state index contributed by atoms with van der Waals surface area (Å²) < 4.78 is 0. The zero-order chi connectivity index (χ0) is 17.5. The van der Waals surface area contributed by atoms with Gasteiger partial charge in [-0.05, 0) is 23.6 Å². The molecule has 1 fully saturated rings. The first kappa shape index (κ1) is 17.4. The molecule has 132 valence electrons. The molecule has 1 aromatic carbocycles. The van der Waals surface area contributed by atoms with E-state index in [1.165, 1.54) is 5.56 Å². The van der Waals surface area contributed by atoms with Crippen molar-refractivity contribution >= 4 is 11.7 Å². The first-order valence-corrected chi connectivity index (χ1v) is 8.92. The molecule has 1 atom stereocenters. The van der Waals surface area contributed by atoms with Gasteiger partial charge in [0.15, 0.2) is 0 Å². The van der Waals surface area contributed by atoms with Crippen LogP contribution in [0.5, 0.6) is 0 Å². The second-order valence-electron chi connectivity index (χ2n) is 6.57. The number of amides is 1. The fourth-order valence-electron chi connectivity index (χ4n) is 3.10. The average molecular weight is 338 g/mol. The molecule has 3 rings (SSSR count). The van der Waals surface area contributed by atoms with Gasteiger partial charge in [-0.25, -0.2) is 4.98 Å². The van der Waals surface area contributed by atoms with Gasteiger partial charge in [0.1, 0.15) is 5.82 Å². The van der Waals surface area contributed by atoms with E-state index in [9.17, 15) is 4.79 Å². The Morgan fingerprint density at radius 1 is 1.08 bits per heavy atom. The highest BCUT2D eigenvalue weighted by atomic mass is 16.2. The van der Waals surface area contributed by atoms with Gasteiger partial charge in [0.25, 0.3) is 0 Å². The maximum atomic E-state index is 12.2. The first-order valence-electron chi connectivity index (χ1n) is 8.92. The lowest BCUT2D eigenvalue weighted by Crippen LogP contribution is -2.50. The van der Waals surface area contributed by atoms with E-state index in [1.54, 1.807) is 0 Å². The van der Waals surface area contributed by atoms with Crippen molar-refractivity contribution in [3.63, 3.8) is 0 Å². The van der Waals surface area contributed by atoms with Crippen LogP contribution in [-0.2, 0) is 4.79 Å². The summed E-state index contributed by atoms with van der Waals surface area (Å²) in [7, 11) is 0. The highest BCUT2D eigenvalue weighted by Crippen LogP contribution is 2.14. The minimum absolute atomic E-state index is 0.106. The van der Waals surface area contributed by atoms with Crippen LogP contribution >= 0.6 is 0 Å². The molecule has 1 aliphatic rings. The second-order valence-corrected chi connectivity index (χ2v) is 6.57. The summed E-state index contributed by atoms with van der Waals surface area (Å²) in [5.74, 6) is 1.45. The molecular formula is C20H26N4O. The molecule has 0 bridgehead atoms. The van der Waals surface area contributed by atoms with Gasteiger partial charge in [0.2, 0.25) is 5.91 Å². The number of nitrogens with one attached hydrogen (secondary N) is 1. The SMILES string of the molecule is CC(CNC(=O)CN1CCN(c2ccccn2)CC1)c1ccccc1. The van der Waals surface area contributed by atoms with Crippen LogP contribution in [0.3, 0.4) is 0 Å². The summed E-state index contributed by atoms with van der Waals surface area (Å²) in [6.45, 7) is 6.88. The number of hydrogen-bond acceptors (Lipinski definition) is 4. The minimum atomic E-state index is 0.106. The Bertz CT molecular complexity index is 654. The summed E-state index contributed by atoms with van der Waals surface area (Å²) in [4.78, 5) is 21.1. The van der Waals surface area contributed by atoms with Gasteiger partial charge in [0, 0.05) is 38.9 Å². The van der Waals surface area contributed by atoms with Crippen LogP contribution < -0.4 is 10.2 Å². The molecular weight excluding hydrogens is 312 g/mol. The third-order valence-electron chi connectivity index (χ3n) is 4.69. The summed E-state index contributed by atoms with van der Waals surface area (Å²) >= 11 is 0. The number of benzene rings is 1. The topological polar surface area (TPSA) is 48.5 Å². The molecule has 0 radical (unpaired) electrons. The standard InChI is InChI=1S/C20H26N4O/c1-17(18-7-3-2-4-8-18)15-22-20(25)16-23-11-13-24(14-12-23)19-9-5-6-10-21-19/h2-10,17H,11-16H2,1H3,(H,22,25). The van der Waals surface area contributed by atoms with E-state index in [1.807, 2.05) is 42.6 Å². The molecule has 2 aromatic rings. The molecule has 25 heavy (non-hydrogen) atoms. The van der Waals surface area contributed by atoms with Crippen molar-refractivity contribution in [3.8, 4) is 0 Å². The molecule has 0 saturated carbocycles. The predicted octanol–water partition coefficient (Wildman–Crippen LogP) is 2.12. The second kappa shape index (κ2) is 8.62. The molecule has 5 nitrogen and oxygen atoms in total. The van der Waals surface area contributed by atoms with Crippen molar-refractivity contribution in [2.24, 2.45) is 0 Å². The van der Waals surface area contributed by atoms with Crippen molar-refractivity contribution in [2.75, 3.05) is 44.2 Å². The van der Waals surface area contributed by atoms with E-state index in [0.29, 0.717) is 19.0 Å². The first-order chi connectivity index (χ1) is 12.2. The smallest absolute Gasteiger partial charge is 0.234 e. The summed E-state index contributed by atoms with van der Waals surface area (Å²) in [6, 6.07) is 16.3. The van der Waals surface area contributed by atoms with Crippen LogP contribution in [0.4, 0.5) is 5.82 Å². The number of carbonyl (C=O) groups is 1. The zero-order valence-corrected chi connectivity index (χ0v) is 14.8. The normalized spacial score (nSPS) is 16.4. The molecule has 1 N–H and O–H groups in total. The summed E-state index contributed by atoms with van der Waals surface area (Å²) in [5.41, 5.74) is 1.26. The highest BCUT2D eigenvalue weighted by molar-refractivity contribution is 5.78. The van der Waals surface area contributed by atoms with Crippen molar-refractivity contribution in [3.05, 3.63) is 60.3 Å².